The number of hydrogen-bond acceptors (Lipinski definition) is 4. The van der Waals surface area contributed by atoms with E-state index < -0.39 is 5.82 Å². The summed E-state index contributed by atoms with van der Waals surface area (Å²) in [4.78, 5) is 40.3. The first-order chi connectivity index (χ1) is 16.1. The highest BCUT2D eigenvalue weighted by molar-refractivity contribution is 5.97. The van der Waals surface area contributed by atoms with Gasteiger partial charge in [0.2, 0.25) is 6.41 Å². The molecule has 33 heavy (non-hydrogen) atoms. The number of carbonyl (C=O) groups is 2. The summed E-state index contributed by atoms with van der Waals surface area (Å²) in [6.45, 7) is 0. The molecule has 2 unspecified atom stereocenters. The Bertz CT molecular complexity index is 1280. The standard InChI is InChI=1S/C25H24FN5O2/c26-22-13-27-8-6-20(22)25(33)31-17-2-1-3-18(31)11-15(10-17)21-12-23(30(14-32)16-4-5-16)29-24-19(21)7-9-28-24/h6-10,12-14,16-18H,1-5,11H2,(H,28,29). The number of aromatic amines is 1. The number of halogens is 1. The van der Waals surface area contributed by atoms with E-state index in [1.54, 1.807) is 4.90 Å². The molecule has 1 N–H and O–H groups in total. The largest absolute Gasteiger partial charge is 0.346 e. The van der Waals surface area contributed by atoms with Crippen LogP contribution in [0, 0.1) is 5.82 Å². The van der Waals surface area contributed by atoms with Crippen LogP contribution in [-0.4, -0.2) is 50.3 Å². The maximum absolute atomic E-state index is 14.3. The van der Waals surface area contributed by atoms with E-state index in [0.29, 0.717) is 12.2 Å². The van der Waals surface area contributed by atoms with Crippen molar-refractivity contribution in [3.63, 3.8) is 0 Å². The molecular weight excluding hydrogens is 421 g/mol. The van der Waals surface area contributed by atoms with Crippen LogP contribution in [0.3, 0.4) is 0 Å². The van der Waals surface area contributed by atoms with E-state index in [-0.39, 0.29) is 29.6 Å². The SMILES string of the molecule is O=CN(c1cc(C2=CC3CCCC(C2)N3C(=O)c2ccncc2F)c2cc[nH]c2n1)C1CC1. The van der Waals surface area contributed by atoms with E-state index in [0.717, 1.165) is 66.9 Å². The van der Waals surface area contributed by atoms with Crippen LogP contribution in [0.25, 0.3) is 16.6 Å². The molecule has 0 aromatic carbocycles. The molecule has 2 bridgehead atoms. The lowest BCUT2D eigenvalue weighted by Gasteiger charge is -2.45. The van der Waals surface area contributed by atoms with Crippen molar-refractivity contribution in [2.45, 2.75) is 56.7 Å². The Kier molecular flexibility index (Phi) is 4.74. The predicted octanol–water partition coefficient (Wildman–Crippen LogP) is 4.07. The van der Waals surface area contributed by atoms with Gasteiger partial charge in [0.1, 0.15) is 11.5 Å². The number of anilines is 1. The lowest BCUT2D eigenvalue weighted by Crippen LogP contribution is -2.51. The van der Waals surface area contributed by atoms with E-state index in [9.17, 15) is 14.0 Å². The average molecular weight is 445 g/mol. The van der Waals surface area contributed by atoms with Gasteiger partial charge in [-0.05, 0) is 67.9 Å². The third-order valence-electron chi connectivity index (χ3n) is 7.05. The first-order valence-electron chi connectivity index (χ1n) is 11.5. The minimum absolute atomic E-state index is 0.0000265. The van der Waals surface area contributed by atoms with Crippen LogP contribution in [0.1, 0.15) is 54.4 Å². The van der Waals surface area contributed by atoms with E-state index in [1.165, 1.54) is 12.3 Å². The van der Waals surface area contributed by atoms with Gasteiger partial charge in [-0.3, -0.25) is 19.5 Å². The van der Waals surface area contributed by atoms with E-state index in [1.807, 2.05) is 23.2 Å². The van der Waals surface area contributed by atoms with Crippen LogP contribution in [-0.2, 0) is 4.79 Å². The highest BCUT2D eigenvalue weighted by Gasteiger charge is 2.39. The topological polar surface area (TPSA) is 82.2 Å². The van der Waals surface area contributed by atoms with E-state index in [4.69, 9.17) is 0 Å². The van der Waals surface area contributed by atoms with Gasteiger partial charge < -0.3 is 9.88 Å². The quantitative estimate of drug-likeness (QED) is 0.600. The van der Waals surface area contributed by atoms with Gasteiger partial charge in [0, 0.05) is 29.9 Å². The van der Waals surface area contributed by atoms with Crippen LogP contribution >= 0.6 is 0 Å². The molecule has 7 nitrogen and oxygen atoms in total. The molecular formula is C25H24FN5O2. The van der Waals surface area contributed by atoms with Crippen molar-refractivity contribution in [3.05, 3.63) is 59.8 Å². The lowest BCUT2D eigenvalue weighted by molar-refractivity contribution is -0.107. The van der Waals surface area contributed by atoms with E-state index in [2.05, 4.69) is 21.0 Å². The van der Waals surface area contributed by atoms with Crippen LogP contribution in [0.15, 0.2) is 42.9 Å². The van der Waals surface area contributed by atoms with Gasteiger partial charge in [-0.2, -0.15) is 0 Å². The Balaban J connectivity index is 1.40. The number of fused-ring (bicyclic) bond motifs is 3. The maximum atomic E-state index is 14.3. The molecule has 8 heteroatoms. The second kappa shape index (κ2) is 7.79. The van der Waals surface area contributed by atoms with Crippen LogP contribution in [0.5, 0.6) is 0 Å². The molecule has 0 radical (unpaired) electrons. The fourth-order valence-electron chi connectivity index (χ4n) is 5.34. The predicted molar refractivity (Wildman–Crippen MR) is 122 cm³/mol. The molecule has 3 aliphatic rings. The summed E-state index contributed by atoms with van der Waals surface area (Å²) in [7, 11) is 0. The lowest BCUT2D eigenvalue weighted by atomic mass is 9.82. The van der Waals surface area contributed by atoms with E-state index >= 15 is 0 Å². The Labute approximate surface area is 190 Å². The molecule has 1 aliphatic carbocycles. The zero-order valence-corrected chi connectivity index (χ0v) is 18.1. The van der Waals surface area contributed by atoms with Crippen molar-refractivity contribution in [2.24, 2.45) is 0 Å². The molecule has 168 valence electrons. The number of carbonyl (C=O) groups excluding carboxylic acids is 2. The van der Waals surface area contributed by atoms with Gasteiger partial charge in [-0.15, -0.1) is 0 Å². The minimum atomic E-state index is -0.586. The first kappa shape index (κ1) is 20.1. The molecule has 6 rings (SSSR count). The number of rotatable bonds is 5. The van der Waals surface area contributed by atoms with Gasteiger partial charge in [0.25, 0.3) is 5.91 Å². The summed E-state index contributed by atoms with van der Waals surface area (Å²) in [6, 6.07) is 5.59. The van der Waals surface area contributed by atoms with Gasteiger partial charge in [0.05, 0.1) is 17.8 Å². The highest BCUT2D eigenvalue weighted by atomic mass is 19.1. The van der Waals surface area contributed by atoms with Crippen LogP contribution in [0.4, 0.5) is 10.2 Å². The summed E-state index contributed by atoms with van der Waals surface area (Å²) in [5.74, 6) is -0.207. The number of nitrogens with one attached hydrogen (secondary N) is 1. The van der Waals surface area contributed by atoms with Crippen molar-refractivity contribution in [2.75, 3.05) is 4.90 Å². The summed E-state index contributed by atoms with van der Waals surface area (Å²) in [5.41, 5.74) is 3.02. The number of H-pyrrole nitrogens is 1. The number of pyridine rings is 2. The van der Waals surface area contributed by atoms with Crippen LogP contribution < -0.4 is 4.90 Å². The summed E-state index contributed by atoms with van der Waals surface area (Å²) in [5, 5.41) is 1.00. The molecule has 0 spiro atoms. The first-order valence-corrected chi connectivity index (χ1v) is 11.5. The fourth-order valence-corrected chi connectivity index (χ4v) is 5.34. The van der Waals surface area contributed by atoms with Gasteiger partial charge in [-0.1, -0.05) is 6.08 Å². The molecule has 3 aromatic heterocycles. The zero-order chi connectivity index (χ0) is 22.5. The van der Waals surface area contributed by atoms with Crippen molar-refractivity contribution in [1.29, 1.82) is 0 Å². The number of nitrogens with zero attached hydrogens (tertiary/aromatic N) is 4. The monoisotopic (exact) mass is 445 g/mol. The molecule has 2 atom stereocenters. The van der Waals surface area contributed by atoms with Crippen molar-refractivity contribution < 1.29 is 14.0 Å². The molecule has 2 aliphatic heterocycles. The molecule has 1 saturated heterocycles. The molecule has 5 heterocycles. The molecule has 2 amide bonds. The Hall–Kier alpha value is -3.55. The maximum Gasteiger partial charge on any atom is 0.257 e. The van der Waals surface area contributed by atoms with Crippen molar-refractivity contribution in [3.8, 4) is 0 Å². The third kappa shape index (κ3) is 3.41. The number of amides is 2. The third-order valence-corrected chi connectivity index (χ3v) is 7.05. The van der Waals surface area contributed by atoms with Crippen molar-refractivity contribution >= 4 is 34.7 Å². The summed E-state index contributed by atoms with van der Waals surface area (Å²) in [6.07, 6.45) is 12.9. The smallest absolute Gasteiger partial charge is 0.257 e. The minimum Gasteiger partial charge on any atom is -0.346 e. The number of hydrogen-bond donors (Lipinski definition) is 1. The second-order valence-electron chi connectivity index (χ2n) is 9.13. The van der Waals surface area contributed by atoms with Crippen LogP contribution in [0.2, 0.25) is 0 Å². The Morgan fingerprint density at radius 1 is 1.24 bits per heavy atom. The van der Waals surface area contributed by atoms with Gasteiger partial charge in [-0.25, -0.2) is 9.37 Å². The normalized spacial score (nSPS) is 22.2. The summed E-state index contributed by atoms with van der Waals surface area (Å²) < 4.78 is 14.3. The molecule has 3 aromatic rings. The van der Waals surface area contributed by atoms with Gasteiger partial charge >= 0.3 is 0 Å². The average Bonchev–Trinajstić information content (AvgIpc) is 3.53. The number of aromatic nitrogens is 3. The number of piperidine rings is 1. The Morgan fingerprint density at radius 3 is 2.88 bits per heavy atom. The Morgan fingerprint density at radius 2 is 2.12 bits per heavy atom. The zero-order valence-electron chi connectivity index (χ0n) is 18.1. The summed E-state index contributed by atoms with van der Waals surface area (Å²) >= 11 is 0. The van der Waals surface area contributed by atoms with Gasteiger partial charge in [0.15, 0.2) is 5.82 Å². The fraction of sp³-hybridized carbons (Fsp3) is 0.360. The second-order valence-corrected chi connectivity index (χ2v) is 9.13. The highest BCUT2D eigenvalue weighted by Crippen LogP contribution is 2.41. The van der Waals surface area contributed by atoms with Crippen molar-refractivity contribution in [1.82, 2.24) is 19.9 Å². The molecule has 1 saturated carbocycles. The molecule has 2 fully saturated rings.